The van der Waals surface area contributed by atoms with Gasteiger partial charge in [-0.05, 0) is 12.0 Å². The molecule has 136 valence electrons. The van der Waals surface area contributed by atoms with Crippen LogP contribution in [0.1, 0.15) is 5.56 Å². The number of carboxylic acids is 1. The minimum absolute atomic E-state index is 0.221. The van der Waals surface area contributed by atoms with E-state index in [0.29, 0.717) is 13.0 Å². The van der Waals surface area contributed by atoms with Crippen LogP contribution < -0.4 is 16.6 Å². The number of rotatable bonds is 6. The number of nitrogens with one attached hydrogen (secondary N) is 1. The topological polar surface area (TPSA) is 111 Å². The number of aliphatic carboxylic acids is 1. The predicted octanol–water partition coefficient (Wildman–Crippen LogP) is 0.173. The van der Waals surface area contributed by atoms with Crippen molar-refractivity contribution in [2.75, 3.05) is 11.9 Å². The van der Waals surface area contributed by atoms with Crippen LogP contribution in [0.3, 0.4) is 0 Å². The van der Waals surface area contributed by atoms with E-state index in [-0.39, 0.29) is 23.7 Å². The summed E-state index contributed by atoms with van der Waals surface area (Å²) in [4.78, 5) is 40.0. The second-order valence-corrected chi connectivity index (χ2v) is 5.95. The summed E-state index contributed by atoms with van der Waals surface area (Å²) in [5, 5.41) is 11.6. The zero-order valence-electron chi connectivity index (χ0n) is 14.5. The van der Waals surface area contributed by atoms with Gasteiger partial charge in [0.05, 0.1) is 0 Å². The maximum atomic E-state index is 12.6. The molecule has 9 nitrogen and oxygen atoms in total. The van der Waals surface area contributed by atoms with Gasteiger partial charge in [-0.2, -0.15) is 4.98 Å². The van der Waals surface area contributed by atoms with E-state index in [4.69, 9.17) is 5.11 Å². The molecule has 9 heteroatoms. The molecule has 0 spiro atoms. The molecule has 0 aliphatic carbocycles. The number of anilines is 1. The minimum atomic E-state index is -1.05. The summed E-state index contributed by atoms with van der Waals surface area (Å²) in [6, 6.07) is 9.71. The Morgan fingerprint density at radius 2 is 1.85 bits per heavy atom. The average Bonchev–Trinajstić information content (AvgIpc) is 3.00. The van der Waals surface area contributed by atoms with E-state index >= 15 is 0 Å². The maximum Gasteiger partial charge on any atom is 0.332 e. The highest BCUT2D eigenvalue weighted by atomic mass is 16.4. The van der Waals surface area contributed by atoms with Crippen molar-refractivity contribution >= 4 is 23.1 Å². The Balaban J connectivity index is 2.13. The number of carbonyl (C=O) groups is 1. The second kappa shape index (κ2) is 6.87. The summed E-state index contributed by atoms with van der Waals surface area (Å²) in [5.41, 5.74) is 0.602. The predicted molar refractivity (Wildman–Crippen MR) is 96.5 cm³/mol. The highest BCUT2D eigenvalue weighted by molar-refractivity contribution is 5.76. The van der Waals surface area contributed by atoms with Crippen molar-refractivity contribution in [3.05, 3.63) is 56.7 Å². The summed E-state index contributed by atoms with van der Waals surface area (Å²) in [5.74, 6) is -0.801. The van der Waals surface area contributed by atoms with Crippen LogP contribution in [0.15, 0.2) is 39.9 Å². The molecule has 0 saturated carbocycles. The third-order valence-corrected chi connectivity index (χ3v) is 4.21. The van der Waals surface area contributed by atoms with Gasteiger partial charge in [0, 0.05) is 20.6 Å². The highest BCUT2D eigenvalue weighted by Gasteiger charge is 2.19. The van der Waals surface area contributed by atoms with Gasteiger partial charge >= 0.3 is 11.7 Å². The van der Waals surface area contributed by atoms with Crippen molar-refractivity contribution in [2.24, 2.45) is 14.1 Å². The van der Waals surface area contributed by atoms with Gasteiger partial charge in [-0.1, -0.05) is 30.3 Å². The summed E-state index contributed by atoms with van der Waals surface area (Å²) >= 11 is 0. The summed E-state index contributed by atoms with van der Waals surface area (Å²) in [6.45, 7) is 0.0683. The van der Waals surface area contributed by atoms with Crippen LogP contribution in [0.5, 0.6) is 0 Å². The van der Waals surface area contributed by atoms with E-state index in [1.165, 1.54) is 18.7 Å². The van der Waals surface area contributed by atoms with Crippen LogP contribution in [0.25, 0.3) is 11.2 Å². The molecule has 0 unspecified atom stereocenters. The van der Waals surface area contributed by atoms with Crippen LogP contribution >= 0.6 is 0 Å². The van der Waals surface area contributed by atoms with Crippen molar-refractivity contribution in [3.63, 3.8) is 0 Å². The quantitative estimate of drug-likeness (QED) is 0.651. The van der Waals surface area contributed by atoms with Crippen molar-refractivity contribution in [2.45, 2.75) is 13.0 Å². The Labute approximate surface area is 148 Å². The van der Waals surface area contributed by atoms with Gasteiger partial charge in [0.1, 0.15) is 6.54 Å². The summed E-state index contributed by atoms with van der Waals surface area (Å²) < 4.78 is 3.93. The molecule has 0 saturated heterocycles. The lowest BCUT2D eigenvalue weighted by Gasteiger charge is -2.10. The van der Waals surface area contributed by atoms with Crippen molar-refractivity contribution in [1.82, 2.24) is 18.7 Å². The van der Waals surface area contributed by atoms with E-state index in [0.717, 1.165) is 10.1 Å². The summed E-state index contributed by atoms with van der Waals surface area (Å²) in [6.07, 6.45) is 0.625. The number of nitrogens with zero attached hydrogens (tertiary/aromatic N) is 4. The molecule has 0 aliphatic rings. The standard InChI is InChI=1S/C17H19N5O4/c1-20-14-13(15(25)21(2)17(20)26)22(16(19-14)18-10-12(23)24)9-8-11-6-4-3-5-7-11/h3-7H,8-10H2,1-2H3,(H,18,19)(H,23,24). The summed E-state index contributed by atoms with van der Waals surface area (Å²) in [7, 11) is 2.93. The van der Waals surface area contributed by atoms with Crippen LogP contribution in [-0.2, 0) is 31.9 Å². The Morgan fingerprint density at radius 1 is 1.15 bits per heavy atom. The second-order valence-electron chi connectivity index (χ2n) is 5.95. The Morgan fingerprint density at radius 3 is 2.50 bits per heavy atom. The lowest BCUT2D eigenvalue weighted by Crippen LogP contribution is -2.37. The molecule has 2 N–H and O–H groups in total. The van der Waals surface area contributed by atoms with Crippen LogP contribution in [0.2, 0.25) is 0 Å². The SMILES string of the molecule is Cn1c(=O)c2c(nc(NCC(=O)O)n2CCc2ccccc2)n(C)c1=O. The first-order chi connectivity index (χ1) is 12.4. The molecule has 3 aromatic rings. The zero-order valence-corrected chi connectivity index (χ0v) is 14.5. The monoisotopic (exact) mass is 357 g/mol. The van der Waals surface area contributed by atoms with Crippen molar-refractivity contribution in [1.29, 1.82) is 0 Å². The Bertz CT molecular complexity index is 1080. The first-order valence-electron chi connectivity index (χ1n) is 8.06. The molecule has 0 radical (unpaired) electrons. The van der Waals surface area contributed by atoms with Gasteiger partial charge in [-0.3, -0.25) is 18.7 Å². The van der Waals surface area contributed by atoms with E-state index in [9.17, 15) is 14.4 Å². The van der Waals surface area contributed by atoms with Crippen molar-refractivity contribution < 1.29 is 9.90 Å². The molecule has 0 atom stereocenters. The Kier molecular flexibility index (Phi) is 4.61. The van der Waals surface area contributed by atoms with Gasteiger partial charge in [0.15, 0.2) is 11.2 Å². The van der Waals surface area contributed by atoms with E-state index in [2.05, 4.69) is 10.3 Å². The molecule has 0 fully saturated rings. The zero-order chi connectivity index (χ0) is 18.8. The van der Waals surface area contributed by atoms with Gasteiger partial charge in [-0.15, -0.1) is 0 Å². The molecular formula is C17H19N5O4. The van der Waals surface area contributed by atoms with Crippen molar-refractivity contribution in [3.8, 4) is 0 Å². The van der Waals surface area contributed by atoms with E-state index < -0.39 is 17.2 Å². The molecule has 2 aromatic heterocycles. The van der Waals surface area contributed by atoms with Gasteiger partial charge < -0.3 is 15.0 Å². The third kappa shape index (κ3) is 3.10. The van der Waals surface area contributed by atoms with Gasteiger partial charge in [0.25, 0.3) is 5.56 Å². The first kappa shape index (κ1) is 17.5. The van der Waals surface area contributed by atoms with Gasteiger partial charge in [-0.25, -0.2) is 4.79 Å². The Hall–Kier alpha value is -3.36. The molecule has 3 rings (SSSR count). The fourth-order valence-corrected chi connectivity index (χ4v) is 2.84. The number of benzene rings is 1. The lowest BCUT2D eigenvalue weighted by molar-refractivity contribution is -0.134. The maximum absolute atomic E-state index is 12.6. The van der Waals surface area contributed by atoms with Crippen LogP contribution in [0.4, 0.5) is 5.95 Å². The fraction of sp³-hybridized carbons (Fsp3) is 0.294. The number of hydrogen-bond donors (Lipinski definition) is 2. The largest absolute Gasteiger partial charge is 0.480 e. The van der Waals surface area contributed by atoms with Crippen LogP contribution in [-0.4, -0.2) is 36.3 Å². The lowest BCUT2D eigenvalue weighted by atomic mass is 10.1. The van der Waals surface area contributed by atoms with E-state index in [1.54, 1.807) is 4.57 Å². The molecule has 0 bridgehead atoms. The first-order valence-corrected chi connectivity index (χ1v) is 8.06. The molecule has 0 aliphatic heterocycles. The highest BCUT2D eigenvalue weighted by Crippen LogP contribution is 2.16. The molecule has 26 heavy (non-hydrogen) atoms. The smallest absolute Gasteiger partial charge is 0.332 e. The number of aromatic nitrogens is 4. The number of aryl methyl sites for hydroxylation is 3. The molecule has 0 amide bonds. The number of imidazole rings is 1. The normalized spacial score (nSPS) is 11.0. The third-order valence-electron chi connectivity index (χ3n) is 4.21. The number of hydrogen-bond acceptors (Lipinski definition) is 5. The number of carboxylic acid groups (broad SMARTS) is 1. The van der Waals surface area contributed by atoms with Crippen LogP contribution in [0, 0.1) is 0 Å². The number of fused-ring (bicyclic) bond motifs is 1. The fourth-order valence-electron chi connectivity index (χ4n) is 2.84. The van der Waals surface area contributed by atoms with E-state index in [1.807, 2.05) is 30.3 Å². The minimum Gasteiger partial charge on any atom is -0.480 e. The molecule has 1 aromatic carbocycles. The average molecular weight is 357 g/mol. The molecule has 2 heterocycles. The van der Waals surface area contributed by atoms with Gasteiger partial charge in [0.2, 0.25) is 5.95 Å². The molecular weight excluding hydrogens is 338 g/mol.